The number of nitrogens with one attached hydrogen (secondary N) is 1. The van der Waals surface area contributed by atoms with E-state index in [-0.39, 0.29) is 5.60 Å². The van der Waals surface area contributed by atoms with Gasteiger partial charge in [0, 0.05) is 20.0 Å². The molecule has 19 heavy (non-hydrogen) atoms. The topological polar surface area (TPSA) is 47.3 Å². The van der Waals surface area contributed by atoms with E-state index >= 15 is 0 Å². The van der Waals surface area contributed by atoms with E-state index in [0.717, 1.165) is 44.0 Å². The number of ether oxygens (including phenoxy) is 1. The van der Waals surface area contributed by atoms with Gasteiger partial charge in [-0.15, -0.1) is 0 Å². The SMILES string of the molecule is COC(C)(C)Cc1cnc(CCCNCC(C)C)o1. The Hall–Kier alpha value is -0.870. The third kappa shape index (κ3) is 6.73. The Kier molecular flexibility index (Phi) is 6.52. The summed E-state index contributed by atoms with van der Waals surface area (Å²) in [6, 6.07) is 0. The lowest BCUT2D eigenvalue weighted by Gasteiger charge is -2.20. The van der Waals surface area contributed by atoms with E-state index in [1.807, 2.05) is 20.0 Å². The highest BCUT2D eigenvalue weighted by molar-refractivity contribution is 4.98. The largest absolute Gasteiger partial charge is 0.446 e. The van der Waals surface area contributed by atoms with Crippen LogP contribution in [0.3, 0.4) is 0 Å². The lowest BCUT2D eigenvalue weighted by molar-refractivity contribution is 0.0190. The minimum atomic E-state index is -0.199. The zero-order chi connectivity index (χ0) is 14.3. The highest BCUT2D eigenvalue weighted by Crippen LogP contribution is 2.17. The molecule has 1 rings (SSSR count). The molecule has 0 bridgehead atoms. The van der Waals surface area contributed by atoms with Crippen molar-refractivity contribution in [3.63, 3.8) is 0 Å². The molecule has 1 aromatic heterocycles. The molecule has 4 heteroatoms. The van der Waals surface area contributed by atoms with Gasteiger partial charge in [-0.1, -0.05) is 13.8 Å². The van der Waals surface area contributed by atoms with Crippen molar-refractivity contribution in [3.05, 3.63) is 17.8 Å². The Morgan fingerprint density at radius 2 is 2.16 bits per heavy atom. The Morgan fingerprint density at radius 3 is 2.79 bits per heavy atom. The fraction of sp³-hybridized carbons (Fsp3) is 0.800. The van der Waals surface area contributed by atoms with Crippen molar-refractivity contribution in [2.75, 3.05) is 20.2 Å². The second-order valence-corrected chi connectivity index (χ2v) is 6.06. The predicted molar refractivity (Wildman–Crippen MR) is 77.3 cm³/mol. The molecule has 0 saturated carbocycles. The van der Waals surface area contributed by atoms with Crippen molar-refractivity contribution >= 4 is 0 Å². The van der Waals surface area contributed by atoms with Gasteiger partial charge in [-0.2, -0.15) is 0 Å². The van der Waals surface area contributed by atoms with Crippen LogP contribution < -0.4 is 5.32 Å². The molecule has 0 aliphatic heterocycles. The van der Waals surface area contributed by atoms with Crippen LogP contribution in [0.2, 0.25) is 0 Å². The minimum Gasteiger partial charge on any atom is -0.446 e. The van der Waals surface area contributed by atoms with Gasteiger partial charge in [-0.3, -0.25) is 0 Å². The molecule has 0 fully saturated rings. The van der Waals surface area contributed by atoms with Crippen LogP contribution in [0, 0.1) is 5.92 Å². The van der Waals surface area contributed by atoms with Gasteiger partial charge in [0.15, 0.2) is 5.89 Å². The number of nitrogens with zero attached hydrogens (tertiary/aromatic N) is 1. The molecule has 0 saturated heterocycles. The average molecular weight is 268 g/mol. The molecule has 1 N–H and O–H groups in total. The first-order valence-corrected chi connectivity index (χ1v) is 7.12. The van der Waals surface area contributed by atoms with E-state index in [1.165, 1.54) is 0 Å². The van der Waals surface area contributed by atoms with Crippen molar-refractivity contribution in [2.45, 2.75) is 52.6 Å². The highest BCUT2D eigenvalue weighted by atomic mass is 16.5. The second kappa shape index (κ2) is 7.65. The van der Waals surface area contributed by atoms with E-state index in [9.17, 15) is 0 Å². The monoisotopic (exact) mass is 268 g/mol. The summed E-state index contributed by atoms with van der Waals surface area (Å²) in [4.78, 5) is 4.32. The fourth-order valence-electron chi connectivity index (χ4n) is 1.79. The summed E-state index contributed by atoms with van der Waals surface area (Å²) in [6.45, 7) is 10.6. The van der Waals surface area contributed by atoms with E-state index < -0.39 is 0 Å². The van der Waals surface area contributed by atoms with Crippen molar-refractivity contribution in [2.24, 2.45) is 5.92 Å². The van der Waals surface area contributed by atoms with Crippen LogP contribution in [0.25, 0.3) is 0 Å². The molecule has 0 aromatic carbocycles. The summed E-state index contributed by atoms with van der Waals surface area (Å²) in [5.74, 6) is 2.43. The molecule has 4 nitrogen and oxygen atoms in total. The zero-order valence-electron chi connectivity index (χ0n) is 13.0. The van der Waals surface area contributed by atoms with Crippen molar-refractivity contribution < 1.29 is 9.15 Å². The molecular weight excluding hydrogens is 240 g/mol. The van der Waals surface area contributed by atoms with Crippen molar-refractivity contribution in [1.29, 1.82) is 0 Å². The van der Waals surface area contributed by atoms with Gasteiger partial charge in [0.25, 0.3) is 0 Å². The molecule has 0 radical (unpaired) electrons. The summed E-state index contributed by atoms with van der Waals surface area (Å²) in [5.41, 5.74) is -0.199. The van der Waals surface area contributed by atoms with Gasteiger partial charge in [0.1, 0.15) is 5.76 Å². The molecule has 1 aromatic rings. The summed E-state index contributed by atoms with van der Waals surface area (Å²) in [7, 11) is 1.72. The van der Waals surface area contributed by atoms with E-state index in [0.29, 0.717) is 5.92 Å². The Labute approximate surface area is 116 Å². The quantitative estimate of drug-likeness (QED) is 0.700. The Bertz CT molecular complexity index is 359. The number of hydrogen-bond donors (Lipinski definition) is 1. The summed E-state index contributed by atoms with van der Waals surface area (Å²) in [6.07, 6.45) is 4.51. The molecule has 1 heterocycles. The summed E-state index contributed by atoms with van der Waals surface area (Å²) >= 11 is 0. The van der Waals surface area contributed by atoms with Crippen LogP contribution in [0.5, 0.6) is 0 Å². The third-order valence-corrected chi connectivity index (χ3v) is 3.05. The smallest absolute Gasteiger partial charge is 0.194 e. The third-order valence-electron chi connectivity index (χ3n) is 3.05. The number of rotatable bonds is 9. The standard InChI is InChI=1S/C15H28N2O2/c1-12(2)10-16-8-6-7-14-17-11-13(19-14)9-15(3,4)18-5/h11-12,16H,6-10H2,1-5H3. The van der Waals surface area contributed by atoms with E-state index in [1.54, 1.807) is 7.11 Å². The van der Waals surface area contributed by atoms with Gasteiger partial charge < -0.3 is 14.5 Å². The normalized spacial score (nSPS) is 12.3. The molecule has 0 unspecified atom stereocenters. The van der Waals surface area contributed by atoms with Crippen molar-refractivity contribution in [3.8, 4) is 0 Å². The minimum absolute atomic E-state index is 0.199. The first-order valence-electron chi connectivity index (χ1n) is 7.12. The lowest BCUT2D eigenvalue weighted by atomic mass is 10.0. The van der Waals surface area contributed by atoms with Crippen molar-refractivity contribution in [1.82, 2.24) is 10.3 Å². The molecule has 110 valence electrons. The average Bonchev–Trinajstić information content (AvgIpc) is 2.75. The number of aryl methyl sites for hydroxylation is 1. The summed E-state index contributed by atoms with van der Waals surface area (Å²) in [5, 5.41) is 3.42. The number of hydrogen-bond acceptors (Lipinski definition) is 4. The molecule has 0 aliphatic carbocycles. The van der Waals surface area contributed by atoms with E-state index in [4.69, 9.17) is 9.15 Å². The van der Waals surface area contributed by atoms with Gasteiger partial charge >= 0.3 is 0 Å². The molecule has 0 amide bonds. The summed E-state index contributed by atoms with van der Waals surface area (Å²) < 4.78 is 11.1. The first-order chi connectivity index (χ1) is 8.93. The van der Waals surface area contributed by atoms with E-state index in [2.05, 4.69) is 24.1 Å². The maximum absolute atomic E-state index is 5.73. The van der Waals surface area contributed by atoms with Crippen LogP contribution in [0.4, 0.5) is 0 Å². The second-order valence-electron chi connectivity index (χ2n) is 6.06. The van der Waals surface area contributed by atoms with Gasteiger partial charge in [0.05, 0.1) is 11.8 Å². The fourth-order valence-corrected chi connectivity index (χ4v) is 1.79. The highest BCUT2D eigenvalue weighted by Gasteiger charge is 2.19. The first kappa shape index (κ1) is 16.2. The number of oxazole rings is 1. The maximum atomic E-state index is 5.73. The van der Waals surface area contributed by atoms with Gasteiger partial charge in [0.2, 0.25) is 0 Å². The Balaban J connectivity index is 2.27. The predicted octanol–water partition coefficient (Wildman–Crippen LogP) is 2.82. The molecule has 0 aliphatic rings. The van der Waals surface area contributed by atoms with Crippen LogP contribution in [-0.2, 0) is 17.6 Å². The van der Waals surface area contributed by atoms with Crippen LogP contribution in [-0.4, -0.2) is 30.8 Å². The van der Waals surface area contributed by atoms with Gasteiger partial charge in [-0.05, 0) is 39.3 Å². The van der Waals surface area contributed by atoms with Gasteiger partial charge in [-0.25, -0.2) is 4.98 Å². The zero-order valence-corrected chi connectivity index (χ0v) is 13.0. The van der Waals surface area contributed by atoms with Crippen LogP contribution in [0.1, 0.15) is 45.8 Å². The van der Waals surface area contributed by atoms with Crippen LogP contribution in [0.15, 0.2) is 10.6 Å². The molecule has 0 atom stereocenters. The Morgan fingerprint density at radius 1 is 1.42 bits per heavy atom. The number of methoxy groups -OCH3 is 1. The lowest BCUT2D eigenvalue weighted by Crippen LogP contribution is -2.25. The number of aromatic nitrogens is 1. The van der Waals surface area contributed by atoms with Crippen LogP contribution >= 0.6 is 0 Å². The molecular formula is C15H28N2O2. The maximum Gasteiger partial charge on any atom is 0.194 e. The molecule has 0 spiro atoms.